The molecule has 0 aromatic carbocycles. The molecule has 28 valence electrons. The molecule has 0 saturated heterocycles. The number of rotatable bonds is 2. The van der Waals surface area contributed by atoms with Gasteiger partial charge < -0.3 is 0 Å². The Balaban J connectivity index is 2.19. The van der Waals surface area contributed by atoms with Gasteiger partial charge in [0.15, 0.2) is 0 Å². The molecule has 0 aromatic rings. The molecule has 0 aliphatic carbocycles. The van der Waals surface area contributed by atoms with E-state index in [2.05, 4.69) is 12.7 Å². The van der Waals surface area contributed by atoms with Crippen molar-refractivity contribution in [3.63, 3.8) is 0 Å². The van der Waals surface area contributed by atoms with Crippen LogP contribution < -0.4 is 0 Å². The summed E-state index contributed by atoms with van der Waals surface area (Å²) in [5, 5.41) is 1.47. The van der Waals surface area contributed by atoms with Gasteiger partial charge in [0.05, 0.1) is 0 Å². The minimum atomic E-state index is 0.786. The van der Waals surface area contributed by atoms with Crippen molar-refractivity contribution in [1.29, 1.82) is 0 Å². The predicted molar refractivity (Wildman–Crippen MR) is 26.7 cm³/mol. The molecule has 0 unspecified atom stereocenters. The Morgan fingerprint density at radius 1 is 1.60 bits per heavy atom. The summed E-state index contributed by atoms with van der Waals surface area (Å²) >= 11 is 0.786. The van der Waals surface area contributed by atoms with Gasteiger partial charge in [-0.3, -0.25) is 0 Å². The Morgan fingerprint density at radius 3 is 2.20 bits per heavy atom. The van der Waals surface area contributed by atoms with E-state index in [4.69, 9.17) is 0 Å². The summed E-state index contributed by atoms with van der Waals surface area (Å²) in [7, 11) is 0. The molecule has 0 aliphatic rings. The Hall–Kier alpha value is 0.532. The minimum absolute atomic E-state index is 0.786. The summed E-state index contributed by atoms with van der Waals surface area (Å²) in [6, 6.07) is 0. The Kier molecular flexibility index (Phi) is 5.02. The predicted octanol–water partition coefficient (Wildman–Crippen LogP) is 1.57. The first-order chi connectivity index (χ1) is 2.41. The van der Waals surface area contributed by atoms with Crippen molar-refractivity contribution in [3.8, 4) is 0 Å². The van der Waals surface area contributed by atoms with E-state index in [1.54, 1.807) is 0 Å². The first-order valence-electron chi connectivity index (χ1n) is 2.19. The van der Waals surface area contributed by atoms with Gasteiger partial charge in [-0.2, -0.15) is 0 Å². The van der Waals surface area contributed by atoms with Crippen LogP contribution in [0.25, 0.3) is 0 Å². The summed E-state index contributed by atoms with van der Waals surface area (Å²) in [6.45, 7) is 2.23. The van der Waals surface area contributed by atoms with Crippen molar-refractivity contribution < 1.29 is 0 Å². The third-order valence-electron chi connectivity index (χ3n) is 0.577. The fourth-order valence-electron chi connectivity index (χ4n) is 0.289. The van der Waals surface area contributed by atoms with Crippen molar-refractivity contribution in [2.45, 2.75) is 24.4 Å². The van der Waals surface area contributed by atoms with Crippen molar-refractivity contribution in [2.75, 3.05) is 0 Å². The molecule has 0 amide bonds. The molecule has 5 heavy (non-hydrogen) atoms. The molecule has 0 spiro atoms. The Labute approximate surface area is 40.3 Å². The molecular formula is C4H10Al+. The van der Waals surface area contributed by atoms with Gasteiger partial charge in [-0.1, -0.05) is 0 Å². The molecule has 0 aliphatic heterocycles. The zero-order valence-corrected chi connectivity index (χ0v) is 5.15. The zero-order valence-electron chi connectivity index (χ0n) is 3.99. The Bertz CT molecular complexity index is 11.1. The quantitative estimate of drug-likeness (QED) is 0.446. The molecule has 0 heterocycles. The molecule has 1 heteroatoms. The molecule has 0 atom stereocenters. The normalized spacial score (nSPS) is 6.80. The first kappa shape index (κ1) is 5.53. The van der Waals surface area contributed by atoms with Crippen LogP contribution >= 0.6 is 0 Å². The van der Waals surface area contributed by atoms with E-state index in [0.29, 0.717) is 0 Å². The third kappa shape index (κ3) is 4.53. The van der Waals surface area contributed by atoms with Crippen LogP contribution in [0.1, 0.15) is 13.3 Å². The van der Waals surface area contributed by atoms with Gasteiger partial charge in [0.1, 0.15) is 0 Å². The average Bonchev–Trinajstić information content (AvgIpc) is 1.41. The molecule has 0 bridgehead atoms. The molecule has 0 nitrogen and oxygen atoms in total. The van der Waals surface area contributed by atoms with Crippen LogP contribution in [0, 0.1) is 0 Å². The van der Waals surface area contributed by atoms with Crippen LogP contribution in [0.5, 0.6) is 0 Å². The molecule has 0 N–H and O–H groups in total. The van der Waals surface area contributed by atoms with E-state index in [1.807, 2.05) is 0 Å². The van der Waals surface area contributed by atoms with Gasteiger partial charge in [0, 0.05) is 0 Å². The van der Waals surface area contributed by atoms with Crippen LogP contribution in [0.4, 0.5) is 0 Å². The summed E-state index contributed by atoms with van der Waals surface area (Å²) < 4.78 is 0. The number of hydrogen-bond donors (Lipinski definition) is 0. The zero-order chi connectivity index (χ0) is 4.12. The van der Waals surface area contributed by atoms with E-state index in [9.17, 15) is 0 Å². The second kappa shape index (κ2) is 4.53. The molecule has 0 radical (unpaired) electrons. The van der Waals surface area contributed by atoms with Gasteiger partial charge >= 0.3 is 39.6 Å². The van der Waals surface area contributed by atoms with Gasteiger partial charge in [-0.15, -0.1) is 0 Å². The summed E-state index contributed by atoms with van der Waals surface area (Å²) in [6.07, 6.45) is 1.38. The summed E-state index contributed by atoms with van der Waals surface area (Å²) in [4.78, 5) is 0. The van der Waals surface area contributed by atoms with E-state index < -0.39 is 0 Å². The fraction of sp³-hybridized carbons (Fsp3) is 1.00. The van der Waals surface area contributed by atoms with Crippen LogP contribution in [-0.4, -0.2) is 15.2 Å². The molecule has 0 saturated carbocycles. The van der Waals surface area contributed by atoms with Crippen LogP contribution in [0.15, 0.2) is 0 Å². The maximum absolute atomic E-state index is 2.30. The van der Waals surface area contributed by atoms with E-state index in [1.165, 1.54) is 11.7 Å². The average molecular weight is 85.1 g/mol. The monoisotopic (exact) mass is 85.1 g/mol. The van der Waals surface area contributed by atoms with Crippen LogP contribution in [0.3, 0.4) is 0 Å². The standard InChI is InChI=1S/C3H7.CH3.Al/c1-3-2;;/h1,3H2,2H3;1H3;/q;;+1. The summed E-state index contributed by atoms with van der Waals surface area (Å²) in [5.74, 6) is 2.30. The second-order valence-corrected chi connectivity index (χ2v) is 2.59. The topological polar surface area (TPSA) is 0 Å². The van der Waals surface area contributed by atoms with E-state index in [-0.39, 0.29) is 0 Å². The SMILES string of the molecule is CC[CH2][Al+][CH3]. The summed E-state index contributed by atoms with van der Waals surface area (Å²) in [5.41, 5.74) is 0. The molecule has 0 rings (SSSR count). The Morgan fingerprint density at radius 2 is 2.20 bits per heavy atom. The van der Waals surface area contributed by atoms with Crippen molar-refractivity contribution in [3.05, 3.63) is 0 Å². The molecule has 0 aromatic heterocycles. The third-order valence-corrected chi connectivity index (χ3v) is 1.73. The van der Waals surface area contributed by atoms with Crippen LogP contribution in [0.2, 0.25) is 11.1 Å². The van der Waals surface area contributed by atoms with Gasteiger partial charge in [-0.25, -0.2) is 0 Å². The second-order valence-electron chi connectivity index (χ2n) is 1.20. The van der Waals surface area contributed by atoms with Gasteiger partial charge in [0.2, 0.25) is 0 Å². The van der Waals surface area contributed by atoms with Crippen LogP contribution in [-0.2, 0) is 0 Å². The van der Waals surface area contributed by atoms with Crippen molar-refractivity contribution >= 4 is 15.2 Å². The maximum atomic E-state index is 2.30. The van der Waals surface area contributed by atoms with E-state index in [0.717, 1.165) is 15.2 Å². The van der Waals surface area contributed by atoms with E-state index >= 15 is 0 Å². The van der Waals surface area contributed by atoms with Crippen molar-refractivity contribution in [1.82, 2.24) is 0 Å². The molecular weight excluding hydrogens is 75.0 g/mol. The van der Waals surface area contributed by atoms with Gasteiger partial charge in [-0.05, 0) is 0 Å². The van der Waals surface area contributed by atoms with Gasteiger partial charge in [0.25, 0.3) is 0 Å². The van der Waals surface area contributed by atoms with Crippen molar-refractivity contribution in [2.24, 2.45) is 0 Å². The first-order valence-corrected chi connectivity index (χ1v) is 4.16. The number of hydrogen-bond acceptors (Lipinski definition) is 0. The molecule has 0 fully saturated rings. The fourth-order valence-corrected chi connectivity index (χ4v) is 0.866.